The first-order valence-corrected chi connectivity index (χ1v) is 10.5. The first-order chi connectivity index (χ1) is 15.0. The first-order valence-electron chi connectivity index (χ1n) is 10.5. The largest absolute Gasteiger partial charge is 0.457 e. The molecule has 2 aromatic carbocycles. The van der Waals surface area contributed by atoms with Crippen molar-refractivity contribution in [2.45, 2.75) is 24.7 Å². The Kier molecular flexibility index (Phi) is 4.63. The second-order valence-electron chi connectivity index (χ2n) is 8.40. The number of aromatic nitrogens is 1. The van der Waals surface area contributed by atoms with Gasteiger partial charge in [-0.05, 0) is 66.8 Å². The number of amides is 2. The number of hydrogen-bond donors (Lipinski definition) is 3. The van der Waals surface area contributed by atoms with E-state index in [0.717, 1.165) is 41.7 Å². The van der Waals surface area contributed by atoms with Crippen LogP contribution in [0.1, 0.15) is 35.8 Å². The van der Waals surface area contributed by atoms with E-state index in [4.69, 9.17) is 16.2 Å². The quantitative estimate of drug-likeness (QED) is 0.533. The summed E-state index contributed by atoms with van der Waals surface area (Å²) in [5.41, 5.74) is 12.6. The fourth-order valence-corrected chi connectivity index (χ4v) is 4.65. The van der Waals surface area contributed by atoms with Gasteiger partial charge in [0.15, 0.2) is 0 Å². The molecule has 2 fully saturated rings. The molecule has 31 heavy (non-hydrogen) atoms. The van der Waals surface area contributed by atoms with Gasteiger partial charge in [0.25, 0.3) is 0 Å². The van der Waals surface area contributed by atoms with Crippen LogP contribution in [0.4, 0.5) is 0 Å². The number of pyridine rings is 1. The standard InChI is InChI=1S/C24H24N4O3/c25-22(29)24(23(26)30)12-19(24)14-1-4-17(5-2-14)31-21-8-10-28-20-11-15(3-6-18(20)21)16-7-9-27-13-16/h1-6,8,10-11,16,19,27H,7,9,12-13H2,(H2,25,29)(H2,26,30). The van der Waals surface area contributed by atoms with Crippen LogP contribution in [0.15, 0.2) is 54.7 Å². The summed E-state index contributed by atoms with van der Waals surface area (Å²) in [6.07, 6.45) is 3.24. The average molecular weight is 416 g/mol. The zero-order chi connectivity index (χ0) is 21.6. The molecule has 2 atom stereocenters. The van der Waals surface area contributed by atoms with E-state index in [-0.39, 0.29) is 5.92 Å². The Hall–Kier alpha value is -3.45. The lowest BCUT2D eigenvalue weighted by atomic mass is 9.97. The van der Waals surface area contributed by atoms with Crippen molar-refractivity contribution in [3.8, 4) is 11.5 Å². The molecule has 1 aliphatic heterocycles. The van der Waals surface area contributed by atoms with E-state index in [2.05, 4.69) is 28.5 Å². The topological polar surface area (TPSA) is 120 Å². The van der Waals surface area contributed by atoms with E-state index in [1.165, 1.54) is 5.56 Å². The SMILES string of the molecule is NC(=O)C1(C(N)=O)CC1c1ccc(Oc2ccnc3cc(C4CCNC4)ccc23)cc1. The normalized spacial score (nSPS) is 21.7. The third kappa shape index (κ3) is 3.31. The smallest absolute Gasteiger partial charge is 0.233 e. The van der Waals surface area contributed by atoms with Crippen molar-refractivity contribution < 1.29 is 14.3 Å². The van der Waals surface area contributed by atoms with E-state index in [1.807, 2.05) is 30.3 Å². The number of nitrogens with two attached hydrogens (primary N) is 2. The Bertz CT molecular complexity index is 1160. The summed E-state index contributed by atoms with van der Waals surface area (Å²) in [6, 6.07) is 15.6. The van der Waals surface area contributed by atoms with Crippen LogP contribution in [0, 0.1) is 5.41 Å². The van der Waals surface area contributed by atoms with Crippen LogP contribution < -0.4 is 21.5 Å². The molecular weight excluding hydrogens is 392 g/mol. The molecule has 1 saturated heterocycles. The number of carbonyl (C=O) groups excluding carboxylic acids is 2. The highest BCUT2D eigenvalue weighted by atomic mass is 16.5. The molecule has 3 aromatic rings. The average Bonchev–Trinajstić information content (AvgIpc) is 3.31. The van der Waals surface area contributed by atoms with Crippen LogP contribution in [0.3, 0.4) is 0 Å². The second-order valence-corrected chi connectivity index (χ2v) is 8.40. The molecule has 2 heterocycles. The summed E-state index contributed by atoms with van der Waals surface area (Å²) in [5, 5.41) is 4.35. The predicted molar refractivity (Wildman–Crippen MR) is 117 cm³/mol. The van der Waals surface area contributed by atoms with E-state index >= 15 is 0 Å². The summed E-state index contributed by atoms with van der Waals surface area (Å²) < 4.78 is 6.12. The highest BCUT2D eigenvalue weighted by Gasteiger charge is 2.64. The minimum absolute atomic E-state index is 0.276. The lowest BCUT2D eigenvalue weighted by Gasteiger charge is -2.13. The Labute approximate surface area is 179 Å². The van der Waals surface area contributed by atoms with E-state index < -0.39 is 17.2 Å². The number of benzene rings is 2. The van der Waals surface area contributed by atoms with Crippen molar-refractivity contribution in [2.75, 3.05) is 13.1 Å². The fraction of sp³-hybridized carbons (Fsp3) is 0.292. The molecule has 2 aliphatic rings. The van der Waals surface area contributed by atoms with Crippen LogP contribution in [-0.4, -0.2) is 29.9 Å². The number of fused-ring (bicyclic) bond motifs is 1. The Morgan fingerprint density at radius 1 is 1.03 bits per heavy atom. The molecule has 0 radical (unpaired) electrons. The third-order valence-corrected chi connectivity index (χ3v) is 6.61. The number of nitrogens with zero attached hydrogens (tertiary/aromatic N) is 1. The molecule has 1 aromatic heterocycles. The van der Waals surface area contributed by atoms with Crippen LogP contribution in [0.2, 0.25) is 0 Å². The highest BCUT2D eigenvalue weighted by Crippen LogP contribution is 2.59. The summed E-state index contributed by atoms with van der Waals surface area (Å²) in [7, 11) is 0. The van der Waals surface area contributed by atoms with Gasteiger partial charge in [0.05, 0.1) is 5.52 Å². The molecule has 5 rings (SSSR count). The Balaban J connectivity index is 1.37. The summed E-state index contributed by atoms with van der Waals surface area (Å²) in [6.45, 7) is 2.05. The number of hydrogen-bond acceptors (Lipinski definition) is 5. The summed E-state index contributed by atoms with van der Waals surface area (Å²) in [5.74, 6) is 0.303. The van der Waals surface area contributed by atoms with Gasteiger partial charge in [-0.25, -0.2) is 0 Å². The maximum atomic E-state index is 11.7. The van der Waals surface area contributed by atoms with Crippen LogP contribution >= 0.6 is 0 Å². The molecule has 1 aliphatic carbocycles. The second kappa shape index (κ2) is 7.35. The van der Waals surface area contributed by atoms with Gasteiger partial charge in [0.1, 0.15) is 16.9 Å². The molecular formula is C24H24N4O3. The van der Waals surface area contributed by atoms with Crippen molar-refractivity contribution in [2.24, 2.45) is 16.9 Å². The molecule has 7 heteroatoms. The number of rotatable bonds is 6. The van der Waals surface area contributed by atoms with Crippen molar-refractivity contribution in [1.29, 1.82) is 0 Å². The Morgan fingerprint density at radius 2 is 1.77 bits per heavy atom. The Morgan fingerprint density at radius 3 is 2.42 bits per heavy atom. The van der Waals surface area contributed by atoms with Gasteiger partial charge < -0.3 is 21.5 Å². The number of ether oxygens (including phenoxy) is 1. The predicted octanol–water partition coefficient (Wildman–Crippen LogP) is 2.55. The van der Waals surface area contributed by atoms with E-state index in [1.54, 1.807) is 6.20 Å². The zero-order valence-electron chi connectivity index (χ0n) is 17.0. The minimum atomic E-state index is -1.27. The summed E-state index contributed by atoms with van der Waals surface area (Å²) in [4.78, 5) is 28.0. The summed E-state index contributed by atoms with van der Waals surface area (Å²) >= 11 is 0. The van der Waals surface area contributed by atoms with E-state index in [9.17, 15) is 9.59 Å². The van der Waals surface area contributed by atoms with Gasteiger partial charge >= 0.3 is 0 Å². The minimum Gasteiger partial charge on any atom is -0.457 e. The maximum Gasteiger partial charge on any atom is 0.233 e. The zero-order valence-corrected chi connectivity index (χ0v) is 17.0. The van der Waals surface area contributed by atoms with Gasteiger partial charge in [-0.15, -0.1) is 0 Å². The monoisotopic (exact) mass is 416 g/mol. The molecule has 2 amide bonds. The van der Waals surface area contributed by atoms with Gasteiger partial charge in [0, 0.05) is 24.0 Å². The molecule has 0 spiro atoms. The van der Waals surface area contributed by atoms with Crippen molar-refractivity contribution >= 4 is 22.7 Å². The highest BCUT2D eigenvalue weighted by molar-refractivity contribution is 6.08. The molecule has 5 N–H and O–H groups in total. The van der Waals surface area contributed by atoms with Gasteiger partial charge in [-0.3, -0.25) is 14.6 Å². The van der Waals surface area contributed by atoms with E-state index in [0.29, 0.717) is 18.1 Å². The molecule has 7 nitrogen and oxygen atoms in total. The molecule has 158 valence electrons. The fourth-order valence-electron chi connectivity index (χ4n) is 4.65. The number of nitrogens with one attached hydrogen (secondary N) is 1. The lowest BCUT2D eigenvalue weighted by molar-refractivity contribution is -0.133. The number of carbonyl (C=O) groups is 2. The first kappa shape index (κ1) is 19.5. The third-order valence-electron chi connectivity index (χ3n) is 6.61. The van der Waals surface area contributed by atoms with Crippen molar-refractivity contribution in [3.05, 3.63) is 65.9 Å². The van der Waals surface area contributed by atoms with Crippen LogP contribution in [0.5, 0.6) is 11.5 Å². The molecule has 2 unspecified atom stereocenters. The van der Waals surface area contributed by atoms with Gasteiger partial charge in [-0.1, -0.05) is 18.2 Å². The maximum absolute atomic E-state index is 11.7. The lowest BCUT2D eigenvalue weighted by Crippen LogP contribution is -2.38. The van der Waals surface area contributed by atoms with Crippen LogP contribution in [0.25, 0.3) is 10.9 Å². The van der Waals surface area contributed by atoms with Crippen molar-refractivity contribution in [3.63, 3.8) is 0 Å². The van der Waals surface area contributed by atoms with Gasteiger partial charge in [0.2, 0.25) is 11.8 Å². The molecule has 1 saturated carbocycles. The van der Waals surface area contributed by atoms with Crippen LogP contribution in [-0.2, 0) is 9.59 Å². The molecule has 0 bridgehead atoms. The van der Waals surface area contributed by atoms with Crippen molar-refractivity contribution in [1.82, 2.24) is 10.3 Å². The van der Waals surface area contributed by atoms with Gasteiger partial charge in [-0.2, -0.15) is 0 Å². The number of primary amides is 2.